The van der Waals surface area contributed by atoms with Crippen LogP contribution in [0.5, 0.6) is 6.01 Å². The molecule has 0 saturated carbocycles. The molecule has 0 aromatic carbocycles. The van der Waals surface area contributed by atoms with Crippen LogP contribution in [0.2, 0.25) is 0 Å². The number of rotatable bonds is 3. The third-order valence-corrected chi connectivity index (χ3v) is 2.33. The van der Waals surface area contributed by atoms with Gasteiger partial charge in [-0.2, -0.15) is 0 Å². The van der Waals surface area contributed by atoms with Gasteiger partial charge in [-0.1, -0.05) is 0 Å². The van der Waals surface area contributed by atoms with Crippen LogP contribution in [0.1, 0.15) is 12.8 Å². The molecular weight excluding hydrogens is 202 g/mol. The second kappa shape index (κ2) is 3.85. The number of hydrogen-bond donors (Lipinski definition) is 1. The Hall–Kier alpha value is -1.63. The topological polar surface area (TPSA) is 90.4 Å². The molecule has 0 saturated heterocycles. The number of imidazole rings is 1. The molecule has 7 nitrogen and oxygen atoms in total. The van der Waals surface area contributed by atoms with Crippen LogP contribution in [0.25, 0.3) is 0 Å². The number of ether oxygens (including phenoxy) is 1. The molecule has 2 rings (SSSR count). The lowest BCUT2D eigenvalue weighted by atomic mass is 10.2. The van der Waals surface area contributed by atoms with Gasteiger partial charge in [0.2, 0.25) is 0 Å². The minimum absolute atomic E-state index is 0.0491. The second-order valence-electron chi connectivity index (χ2n) is 3.37. The number of hydrogen-bond acceptors (Lipinski definition) is 5. The van der Waals surface area contributed by atoms with Crippen LogP contribution in [0, 0.1) is 10.1 Å². The van der Waals surface area contributed by atoms with Crippen molar-refractivity contribution in [2.45, 2.75) is 25.5 Å². The summed E-state index contributed by atoms with van der Waals surface area (Å²) in [6.45, 7) is 0.689. The van der Waals surface area contributed by atoms with E-state index in [9.17, 15) is 10.1 Å². The molecule has 1 aliphatic rings. The number of fused-ring (bicyclic) bond motifs is 1. The Morgan fingerprint density at radius 1 is 1.80 bits per heavy atom. The zero-order valence-electron chi connectivity index (χ0n) is 8.00. The molecule has 1 aromatic heterocycles. The van der Waals surface area contributed by atoms with Gasteiger partial charge in [-0.3, -0.25) is 4.57 Å². The summed E-state index contributed by atoms with van der Waals surface area (Å²) in [4.78, 5) is 13.7. The molecule has 0 amide bonds. The van der Waals surface area contributed by atoms with Gasteiger partial charge in [-0.15, -0.1) is 0 Å². The predicted octanol–water partition coefficient (Wildman–Crippen LogP) is 0.325. The fourth-order valence-corrected chi connectivity index (χ4v) is 1.57. The van der Waals surface area contributed by atoms with E-state index in [2.05, 4.69) is 4.98 Å². The SMILES string of the molecule is O=[N+]([O-])c1cn2c(n1)OC(CCO)CC2. The molecule has 15 heavy (non-hydrogen) atoms. The fraction of sp³-hybridized carbons (Fsp3) is 0.625. The summed E-state index contributed by atoms with van der Waals surface area (Å²) < 4.78 is 7.01. The van der Waals surface area contributed by atoms with E-state index in [1.54, 1.807) is 4.57 Å². The summed E-state index contributed by atoms with van der Waals surface area (Å²) in [5, 5.41) is 19.2. The van der Waals surface area contributed by atoms with Crippen LogP contribution in [0.4, 0.5) is 5.82 Å². The summed E-state index contributed by atoms with van der Waals surface area (Å²) in [5.41, 5.74) is 0. The number of aliphatic hydroxyl groups excluding tert-OH is 1. The van der Waals surface area contributed by atoms with Gasteiger partial charge in [0, 0.05) is 31.0 Å². The van der Waals surface area contributed by atoms with Crippen LogP contribution in [0.3, 0.4) is 0 Å². The molecule has 0 spiro atoms. The van der Waals surface area contributed by atoms with E-state index >= 15 is 0 Å². The van der Waals surface area contributed by atoms with E-state index in [-0.39, 0.29) is 24.5 Å². The van der Waals surface area contributed by atoms with E-state index in [1.807, 2.05) is 0 Å². The second-order valence-corrected chi connectivity index (χ2v) is 3.37. The maximum atomic E-state index is 10.5. The summed E-state index contributed by atoms with van der Waals surface area (Å²) in [6, 6.07) is 0.270. The van der Waals surface area contributed by atoms with Crippen molar-refractivity contribution in [3.63, 3.8) is 0 Å². The molecule has 1 N–H and O–H groups in total. The van der Waals surface area contributed by atoms with Gasteiger partial charge >= 0.3 is 11.8 Å². The smallest absolute Gasteiger partial charge is 0.414 e. The largest absolute Gasteiger partial charge is 0.442 e. The number of aryl methyl sites for hydroxylation is 1. The minimum atomic E-state index is -0.546. The van der Waals surface area contributed by atoms with Crippen molar-refractivity contribution < 1.29 is 14.8 Å². The highest BCUT2D eigenvalue weighted by molar-refractivity contribution is 5.21. The Morgan fingerprint density at radius 2 is 2.60 bits per heavy atom. The normalized spacial score (nSPS) is 19.4. The van der Waals surface area contributed by atoms with Crippen molar-refractivity contribution in [2.75, 3.05) is 6.61 Å². The summed E-state index contributed by atoms with van der Waals surface area (Å²) in [5.74, 6) is -0.199. The molecule has 1 unspecified atom stereocenters. The number of aliphatic hydroxyl groups is 1. The van der Waals surface area contributed by atoms with Gasteiger partial charge in [0.1, 0.15) is 12.3 Å². The van der Waals surface area contributed by atoms with Crippen molar-refractivity contribution in [2.24, 2.45) is 0 Å². The van der Waals surface area contributed by atoms with E-state index in [4.69, 9.17) is 9.84 Å². The van der Waals surface area contributed by atoms with E-state index in [1.165, 1.54) is 6.20 Å². The highest BCUT2D eigenvalue weighted by atomic mass is 16.6. The Labute approximate surface area is 85.4 Å². The molecule has 2 heterocycles. The first-order valence-electron chi connectivity index (χ1n) is 4.70. The summed E-state index contributed by atoms with van der Waals surface area (Å²) >= 11 is 0. The van der Waals surface area contributed by atoms with Crippen molar-refractivity contribution in [1.29, 1.82) is 0 Å². The quantitative estimate of drug-likeness (QED) is 0.577. The summed E-state index contributed by atoms with van der Waals surface area (Å²) in [7, 11) is 0. The average Bonchev–Trinajstić information content (AvgIpc) is 2.61. The third-order valence-electron chi connectivity index (χ3n) is 2.33. The molecule has 0 fully saturated rings. The number of nitrogens with zero attached hydrogens (tertiary/aromatic N) is 3. The van der Waals surface area contributed by atoms with Crippen molar-refractivity contribution >= 4 is 5.82 Å². The Balaban J connectivity index is 2.15. The lowest BCUT2D eigenvalue weighted by molar-refractivity contribution is -0.389. The molecule has 1 aliphatic heterocycles. The highest BCUT2D eigenvalue weighted by Gasteiger charge is 2.27. The minimum Gasteiger partial charge on any atom is -0.442 e. The zero-order chi connectivity index (χ0) is 10.8. The number of nitro groups is 1. The maximum absolute atomic E-state index is 10.5. The van der Waals surface area contributed by atoms with Crippen molar-refractivity contribution in [3.05, 3.63) is 16.3 Å². The van der Waals surface area contributed by atoms with Crippen LogP contribution in [0.15, 0.2) is 6.20 Å². The molecule has 0 bridgehead atoms. The van der Waals surface area contributed by atoms with Gasteiger partial charge in [0.15, 0.2) is 0 Å². The van der Waals surface area contributed by atoms with Gasteiger partial charge in [-0.05, 0) is 4.92 Å². The lowest BCUT2D eigenvalue weighted by Gasteiger charge is -2.20. The molecule has 0 radical (unpaired) electrons. The van der Waals surface area contributed by atoms with Crippen LogP contribution in [-0.4, -0.2) is 32.3 Å². The van der Waals surface area contributed by atoms with E-state index in [0.29, 0.717) is 13.0 Å². The summed E-state index contributed by atoms with van der Waals surface area (Å²) in [6.07, 6.45) is 2.54. The van der Waals surface area contributed by atoms with Crippen molar-refractivity contribution in [3.8, 4) is 6.01 Å². The maximum Gasteiger partial charge on any atom is 0.414 e. The molecule has 82 valence electrons. The first-order valence-corrected chi connectivity index (χ1v) is 4.70. The van der Waals surface area contributed by atoms with Gasteiger partial charge < -0.3 is 20.0 Å². The highest BCUT2D eigenvalue weighted by Crippen LogP contribution is 2.24. The lowest BCUT2D eigenvalue weighted by Crippen LogP contribution is -2.26. The number of aromatic nitrogens is 2. The Bertz CT molecular complexity index is 376. The van der Waals surface area contributed by atoms with E-state index < -0.39 is 4.92 Å². The van der Waals surface area contributed by atoms with Crippen LogP contribution < -0.4 is 4.74 Å². The van der Waals surface area contributed by atoms with Gasteiger partial charge in [0.25, 0.3) is 0 Å². The standard InChI is InChI=1S/C8H11N3O4/c12-4-2-6-1-3-10-5-7(11(13)14)9-8(10)15-6/h5-6,12H,1-4H2. The molecular formula is C8H11N3O4. The monoisotopic (exact) mass is 213 g/mol. The fourth-order valence-electron chi connectivity index (χ4n) is 1.57. The van der Waals surface area contributed by atoms with Crippen molar-refractivity contribution in [1.82, 2.24) is 9.55 Å². The third kappa shape index (κ3) is 1.91. The van der Waals surface area contributed by atoms with Crippen LogP contribution >= 0.6 is 0 Å². The molecule has 1 atom stereocenters. The first kappa shape index (κ1) is 9.91. The Kier molecular flexibility index (Phi) is 2.55. The predicted molar refractivity (Wildman–Crippen MR) is 49.6 cm³/mol. The first-order chi connectivity index (χ1) is 7.20. The molecule has 7 heteroatoms. The molecule has 1 aromatic rings. The average molecular weight is 213 g/mol. The molecule has 0 aliphatic carbocycles. The van der Waals surface area contributed by atoms with E-state index in [0.717, 1.165) is 6.42 Å². The van der Waals surface area contributed by atoms with Crippen LogP contribution in [-0.2, 0) is 6.54 Å². The van der Waals surface area contributed by atoms with Gasteiger partial charge in [0.05, 0.1) is 0 Å². The van der Waals surface area contributed by atoms with Gasteiger partial charge in [-0.25, -0.2) is 0 Å². The Morgan fingerprint density at radius 3 is 3.27 bits per heavy atom. The zero-order valence-corrected chi connectivity index (χ0v) is 8.00.